The molecule has 0 fully saturated rings. The first kappa shape index (κ1) is 64.8. The van der Waals surface area contributed by atoms with Gasteiger partial charge in [0.2, 0.25) is 41.4 Å². The maximum Gasteiger partial charge on any atom is 0.303 e. The van der Waals surface area contributed by atoms with E-state index in [4.69, 9.17) is 37.4 Å². The van der Waals surface area contributed by atoms with Crippen LogP contribution < -0.4 is 59.0 Å². The van der Waals surface area contributed by atoms with Gasteiger partial charge < -0.3 is 67.7 Å². The van der Waals surface area contributed by atoms with E-state index in [0.717, 1.165) is 0 Å². The van der Waals surface area contributed by atoms with Crippen molar-refractivity contribution in [1.82, 2.24) is 54.6 Å². The molecule has 86 heavy (non-hydrogen) atoms. The Bertz CT molecular complexity index is 3590. The number of nitrogens with two attached hydrogens (primary N) is 4. The zero-order valence-corrected chi connectivity index (χ0v) is 48.5. The van der Waals surface area contributed by atoms with Crippen molar-refractivity contribution in [3.8, 4) is 11.5 Å². The molecular weight excluding hydrogens is 1120 g/mol. The van der Waals surface area contributed by atoms with E-state index in [-0.39, 0.29) is 115 Å². The molecule has 3 atom stereocenters. The van der Waals surface area contributed by atoms with Crippen molar-refractivity contribution in [2.75, 3.05) is 37.4 Å². The molecule has 0 saturated carbocycles. The Labute approximate surface area is 492 Å². The summed E-state index contributed by atoms with van der Waals surface area (Å²) in [6.45, 7) is 9.59. The Kier molecular flexibility index (Phi) is 22.4. The zero-order valence-electron chi connectivity index (χ0n) is 48.5. The predicted molar refractivity (Wildman–Crippen MR) is 313 cm³/mol. The number of benzene rings is 2. The number of carboxylic acids is 2. The van der Waals surface area contributed by atoms with Crippen LogP contribution in [0.3, 0.4) is 0 Å². The third-order valence-corrected chi connectivity index (χ3v) is 13.4. The number of allylic oxidation sites excluding steroid dienone is 2. The first-order valence-corrected chi connectivity index (χ1v) is 27.5. The van der Waals surface area contributed by atoms with E-state index < -0.39 is 84.1 Å². The molecule has 7 amide bonds. The number of hydrogen-bond donors (Lipinski definition) is 11. The molecular formula is C55H72N18O13. The van der Waals surface area contributed by atoms with E-state index in [1.165, 1.54) is 36.1 Å². The fourth-order valence-corrected chi connectivity index (χ4v) is 9.17. The van der Waals surface area contributed by atoms with Gasteiger partial charge in [-0.3, -0.25) is 68.1 Å². The van der Waals surface area contributed by atoms with Gasteiger partial charge >= 0.3 is 11.9 Å². The molecule has 460 valence electrons. The lowest BCUT2D eigenvalue weighted by atomic mass is 10.0. The Morgan fingerprint density at radius 3 is 1.59 bits per heavy atom. The fraction of sp³-hybridized carbons (Fsp3) is 0.418. The lowest BCUT2D eigenvalue weighted by molar-refractivity contribution is -0.139. The number of aliphatic imine (C=N–C) groups is 1. The lowest BCUT2D eigenvalue weighted by Gasteiger charge is -2.24. The summed E-state index contributed by atoms with van der Waals surface area (Å²) < 4.78 is 18.3. The van der Waals surface area contributed by atoms with Crippen molar-refractivity contribution in [3.63, 3.8) is 0 Å². The number of aliphatic carboxylic acids is 2. The molecule has 6 aromatic rings. The minimum atomic E-state index is -1.43. The Balaban J connectivity index is 1.27. The summed E-state index contributed by atoms with van der Waals surface area (Å²) in [7, 11) is 1.41. The molecule has 0 bridgehead atoms. The third kappa shape index (κ3) is 16.9. The number of rotatable bonds is 33. The summed E-state index contributed by atoms with van der Waals surface area (Å²) in [5, 5.41) is 41.1. The average molecular weight is 1190 g/mol. The molecule has 31 heteroatoms. The van der Waals surface area contributed by atoms with E-state index in [1.807, 2.05) is 13.8 Å². The molecule has 0 saturated heterocycles. The summed E-state index contributed by atoms with van der Waals surface area (Å²) >= 11 is 0. The molecule has 0 aliphatic carbocycles. The number of ether oxygens (including phenoxy) is 2. The van der Waals surface area contributed by atoms with Crippen LogP contribution in [0.4, 0.5) is 11.9 Å². The standard InChI is InChI=1S/C55H72N18O13/c1-7-72-38(23-30(4)68-72)51(83)66-54-64-36-25-32(46(56)78)27-40(85-6)44(36)70(54)20-9-10-21-71-45-37(65-55(71)67-52(84)39-24-31(5)69-73(39)8-2)26-33(47(57)79)28-41(45)86-22-12-19-60-49(81)34(14-16-42(74)75)63-50(82)35(15-17-43(76)77)62-48(80)29(3)13-11-18-61-53(58)59/h9-10,23-29,34-35H,7-8,11-22H2,1-6H3,(H2,56,78)(H2,57,79)(H,60,81)(H,62,80)(H,63,82)(H,74,75)(H,76,77)(H4,58,59,61)(H,64,66,83)(H,65,67,84)/b10-9+/t29-,34-,35-/m0/s1. The van der Waals surface area contributed by atoms with Crippen molar-refractivity contribution < 1.29 is 62.8 Å². The van der Waals surface area contributed by atoms with E-state index in [9.17, 15) is 53.4 Å². The van der Waals surface area contributed by atoms with Crippen LogP contribution in [-0.4, -0.2) is 147 Å². The van der Waals surface area contributed by atoms with E-state index >= 15 is 0 Å². The number of amides is 7. The number of carbonyl (C=O) groups is 9. The van der Waals surface area contributed by atoms with Crippen LogP contribution in [0.2, 0.25) is 0 Å². The number of primary amides is 2. The van der Waals surface area contributed by atoms with Gasteiger partial charge in [0.1, 0.15) is 46.0 Å². The molecule has 4 heterocycles. The second-order valence-electron chi connectivity index (χ2n) is 19.9. The first-order valence-electron chi connectivity index (χ1n) is 27.5. The van der Waals surface area contributed by atoms with Crippen LogP contribution in [0.1, 0.15) is 119 Å². The first-order chi connectivity index (χ1) is 40.9. The highest BCUT2D eigenvalue weighted by molar-refractivity contribution is 6.05. The fourth-order valence-electron chi connectivity index (χ4n) is 9.17. The van der Waals surface area contributed by atoms with Crippen molar-refractivity contribution in [2.45, 2.75) is 118 Å². The number of nitrogens with zero attached hydrogens (tertiary/aromatic N) is 9. The van der Waals surface area contributed by atoms with Crippen LogP contribution in [0.25, 0.3) is 22.1 Å². The Hall–Kier alpha value is -10.4. The van der Waals surface area contributed by atoms with Gasteiger partial charge in [0.25, 0.3) is 11.8 Å². The summed E-state index contributed by atoms with van der Waals surface area (Å²) in [4.78, 5) is 130. The highest BCUT2D eigenvalue weighted by Crippen LogP contribution is 2.33. The Morgan fingerprint density at radius 2 is 1.13 bits per heavy atom. The van der Waals surface area contributed by atoms with Crippen molar-refractivity contribution in [2.24, 2.45) is 33.8 Å². The SMILES string of the molecule is CCn1nc(C)cc1C(=O)Nc1nc2cc(C(N)=O)cc(OC)c2n1C/C=C/Cn1c(NC(=O)c2cc(C)nn2CC)nc2cc(C(N)=O)cc(OCCCNC(=O)[C@H](CCC(=O)O)NC(=O)[C@H](CCC(=O)O)NC(=O)[C@@H](C)CCCN=C(N)N)c21. The quantitative estimate of drug-likeness (QED) is 0.0121. The largest absolute Gasteiger partial charge is 0.494 e. The second kappa shape index (κ2) is 29.8. The van der Waals surface area contributed by atoms with Gasteiger partial charge in [-0.15, -0.1) is 0 Å². The molecule has 0 aliphatic heterocycles. The van der Waals surface area contributed by atoms with Gasteiger partial charge in [0, 0.05) is 69.2 Å². The summed E-state index contributed by atoms with van der Waals surface area (Å²) in [6.07, 6.45) is 2.55. The van der Waals surface area contributed by atoms with Gasteiger partial charge in [-0.25, -0.2) is 9.97 Å². The predicted octanol–water partition coefficient (Wildman–Crippen LogP) is 1.68. The topological polar surface area (TPSA) is 460 Å². The average Bonchev–Trinajstić information content (AvgIpc) is 1.67. The molecule has 6 rings (SSSR count). The molecule has 15 N–H and O–H groups in total. The number of aryl methyl sites for hydroxylation is 4. The number of aromatic nitrogens is 8. The number of hydrogen-bond acceptors (Lipinski definition) is 16. The van der Waals surface area contributed by atoms with Crippen LogP contribution in [-0.2, 0) is 50.2 Å². The molecule has 2 aromatic carbocycles. The highest BCUT2D eigenvalue weighted by Gasteiger charge is 2.30. The summed E-state index contributed by atoms with van der Waals surface area (Å²) in [5.74, 6) is -7.75. The molecule has 31 nitrogen and oxygen atoms in total. The van der Waals surface area contributed by atoms with Crippen LogP contribution in [0.5, 0.6) is 11.5 Å². The monoisotopic (exact) mass is 1190 g/mol. The van der Waals surface area contributed by atoms with Crippen LogP contribution >= 0.6 is 0 Å². The number of anilines is 2. The van der Waals surface area contributed by atoms with Gasteiger partial charge in [-0.05, 0) is 96.2 Å². The van der Waals surface area contributed by atoms with E-state index in [0.29, 0.717) is 48.4 Å². The molecule has 4 aromatic heterocycles. The van der Waals surface area contributed by atoms with Gasteiger partial charge in [0.15, 0.2) is 5.96 Å². The van der Waals surface area contributed by atoms with Crippen LogP contribution in [0.15, 0.2) is 53.5 Å². The number of fused-ring (bicyclic) bond motifs is 2. The number of guanidine groups is 1. The van der Waals surface area contributed by atoms with Crippen molar-refractivity contribution in [1.29, 1.82) is 0 Å². The van der Waals surface area contributed by atoms with Gasteiger partial charge in [-0.1, -0.05) is 19.1 Å². The second-order valence-corrected chi connectivity index (χ2v) is 19.9. The number of carboxylic acid groups (broad SMARTS) is 2. The number of carbonyl (C=O) groups excluding carboxylic acids is 7. The molecule has 0 radical (unpaired) electrons. The van der Waals surface area contributed by atoms with Gasteiger partial charge in [0.05, 0.1) is 36.1 Å². The minimum absolute atomic E-state index is 0.00197. The molecule has 0 aliphatic rings. The lowest BCUT2D eigenvalue weighted by Crippen LogP contribution is -2.54. The smallest absolute Gasteiger partial charge is 0.303 e. The highest BCUT2D eigenvalue weighted by atomic mass is 16.5. The normalized spacial score (nSPS) is 12.3. The number of nitrogens with one attached hydrogen (secondary N) is 5. The number of methoxy groups -OCH3 is 1. The van der Waals surface area contributed by atoms with Crippen molar-refractivity contribution in [3.05, 3.63) is 82.5 Å². The van der Waals surface area contributed by atoms with Gasteiger partial charge in [-0.2, -0.15) is 10.2 Å². The Morgan fingerprint density at radius 1 is 0.651 bits per heavy atom. The maximum absolute atomic E-state index is 14.0. The minimum Gasteiger partial charge on any atom is -0.494 e. The summed E-state index contributed by atoms with van der Waals surface area (Å²) in [6, 6.07) is 6.16. The molecule has 0 unspecified atom stereocenters. The zero-order chi connectivity index (χ0) is 62.9. The van der Waals surface area contributed by atoms with E-state index in [2.05, 4.69) is 46.8 Å². The molecule has 0 spiro atoms. The third-order valence-electron chi connectivity index (χ3n) is 13.4. The van der Waals surface area contributed by atoms with Crippen molar-refractivity contribution >= 4 is 93.2 Å². The number of imidazole rings is 2. The van der Waals surface area contributed by atoms with E-state index in [1.54, 1.807) is 58.9 Å². The maximum atomic E-state index is 14.0. The van der Waals surface area contributed by atoms with Crippen LogP contribution in [0, 0.1) is 19.8 Å². The summed E-state index contributed by atoms with van der Waals surface area (Å²) in [5.41, 5.74) is 25.2.